The molecule has 7 aromatic carbocycles. The van der Waals surface area contributed by atoms with Crippen molar-refractivity contribution < 1.29 is 0 Å². The van der Waals surface area contributed by atoms with Crippen LogP contribution in [0.5, 0.6) is 0 Å². The smallest absolute Gasteiger partial charge is 0.0110 e. The van der Waals surface area contributed by atoms with Crippen LogP contribution in [-0.2, 0) is 0 Å². The van der Waals surface area contributed by atoms with Gasteiger partial charge in [-0.15, -0.1) is 0 Å². The second-order valence-electron chi connectivity index (χ2n) is 12.6. The van der Waals surface area contributed by atoms with E-state index in [-0.39, 0.29) is 0 Å². The van der Waals surface area contributed by atoms with Crippen LogP contribution >= 0.6 is 0 Å². The molecule has 0 saturated heterocycles. The van der Waals surface area contributed by atoms with Crippen LogP contribution < -0.4 is 0 Å². The van der Waals surface area contributed by atoms with E-state index in [4.69, 9.17) is 0 Å². The van der Waals surface area contributed by atoms with Crippen molar-refractivity contribution in [3.05, 3.63) is 154 Å². The molecule has 2 aliphatic rings. The summed E-state index contributed by atoms with van der Waals surface area (Å²) in [5.74, 6) is 0.985. The summed E-state index contributed by atoms with van der Waals surface area (Å²) >= 11 is 0. The maximum atomic E-state index is 2.43. The highest BCUT2D eigenvalue weighted by atomic mass is 14.5. The number of aryl methyl sites for hydroxylation is 3. The molecule has 2 unspecified atom stereocenters. The summed E-state index contributed by atoms with van der Waals surface area (Å²) in [6.45, 7) is 6.68. The normalized spacial score (nSPS) is 16.8. The van der Waals surface area contributed by atoms with Crippen molar-refractivity contribution >= 4 is 32.3 Å². The molecule has 0 radical (unpaired) electrons. The molecule has 0 spiro atoms. The van der Waals surface area contributed by atoms with Gasteiger partial charge in [0.25, 0.3) is 0 Å². The van der Waals surface area contributed by atoms with Crippen molar-refractivity contribution in [2.75, 3.05) is 0 Å². The molecule has 0 amide bonds. The molecule has 9 rings (SSSR count). The Balaban J connectivity index is 1.43. The maximum Gasteiger partial charge on any atom is 0.0110 e. The maximum absolute atomic E-state index is 2.43. The van der Waals surface area contributed by atoms with Crippen molar-refractivity contribution in [3.8, 4) is 22.3 Å². The zero-order valence-electron chi connectivity index (χ0n) is 24.3. The van der Waals surface area contributed by atoms with Crippen LogP contribution in [0.15, 0.2) is 115 Å². The van der Waals surface area contributed by atoms with Crippen molar-refractivity contribution in [3.63, 3.8) is 0 Å². The fourth-order valence-corrected chi connectivity index (χ4v) is 8.40. The molecule has 0 nitrogen and oxygen atoms in total. The standard InChI is InChI=1S/C42H32/c1-24-16-19-34-37(21-24)40(32-20-17-26(3)27-9-4-5-10-28(27)32)33-18-15-25(2)22-38(33)42(34)35-14-8-13-31-36-23-39(41(31)35)30-12-7-6-11-29(30)36/h4-22,36,39H,23H2,1-3H3. The Hall–Kier alpha value is -4.68. The molecule has 0 aliphatic heterocycles. The first-order valence-electron chi connectivity index (χ1n) is 15.3. The monoisotopic (exact) mass is 536 g/mol. The number of rotatable bonds is 2. The van der Waals surface area contributed by atoms with Gasteiger partial charge >= 0.3 is 0 Å². The summed E-state index contributed by atoms with van der Waals surface area (Å²) in [6, 6.07) is 44.0. The van der Waals surface area contributed by atoms with E-state index < -0.39 is 0 Å². The van der Waals surface area contributed by atoms with Crippen LogP contribution in [0, 0.1) is 20.8 Å². The van der Waals surface area contributed by atoms with E-state index >= 15 is 0 Å². The summed E-state index contributed by atoms with van der Waals surface area (Å²) in [6.07, 6.45) is 1.20. The fourth-order valence-electron chi connectivity index (χ4n) is 8.40. The van der Waals surface area contributed by atoms with Gasteiger partial charge in [0.1, 0.15) is 0 Å². The first kappa shape index (κ1) is 24.0. The first-order chi connectivity index (χ1) is 20.6. The van der Waals surface area contributed by atoms with Crippen molar-refractivity contribution in [1.29, 1.82) is 0 Å². The van der Waals surface area contributed by atoms with Crippen LogP contribution in [-0.4, -0.2) is 0 Å². The first-order valence-corrected chi connectivity index (χ1v) is 15.3. The van der Waals surface area contributed by atoms with Gasteiger partial charge in [-0.3, -0.25) is 0 Å². The molecule has 2 bridgehead atoms. The third-order valence-electron chi connectivity index (χ3n) is 10.2. The lowest BCUT2D eigenvalue weighted by Gasteiger charge is -2.25. The quantitative estimate of drug-likeness (QED) is 0.193. The van der Waals surface area contributed by atoms with Crippen LogP contribution in [0.1, 0.15) is 57.2 Å². The third kappa shape index (κ3) is 3.18. The Labute approximate surface area is 247 Å². The lowest BCUT2D eigenvalue weighted by Crippen LogP contribution is -2.05. The lowest BCUT2D eigenvalue weighted by molar-refractivity contribution is 0.796. The Morgan fingerprint density at radius 1 is 0.429 bits per heavy atom. The average Bonchev–Trinajstić information content (AvgIpc) is 3.59. The van der Waals surface area contributed by atoms with Gasteiger partial charge in [-0.2, -0.15) is 0 Å². The summed E-state index contributed by atoms with van der Waals surface area (Å²) < 4.78 is 0. The van der Waals surface area contributed by atoms with Crippen LogP contribution in [0.4, 0.5) is 0 Å². The second-order valence-corrected chi connectivity index (χ2v) is 12.6. The zero-order chi connectivity index (χ0) is 28.1. The van der Waals surface area contributed by atoms with E-state index in [9.17, 15) is 0 Å². The van der Waals surface area contributed by atoms with E-state index in [1.807, 2.05) is 0 Å². The van der Waals surface area contributed by atoms with Crippen molar-refractivity contribution in [2.24, 2.45) is 0 Å². The number of hydrogen-bond donors (Lipinski definition) is 0. The third-order valence-corrected chi connectivity index (χ3v) is 10.2. The fraction of sp³-hybridized carbons (Fsp3) is 0.143. The molecular weight excluding hydrogens is 504 g/mol. The number of benzene rings is 7. The molecule has 0 fully saturated rings. The summed E-state index contributed by atoms with van der Waals surface area (Å²) in [5.41, 5.74) is 15.6. The van der Waals surface area contributed by atoms with Crippen molar-refractivity contribution in [2.45, 2.75) is 39.0 Å². The molecule has 0 heteroatoms. The summed E-state index contributed by atoms with van der Waals surface area (Å²) in [7, 11) is 0. The van der Waals surface area contributed by atoms with Gasteiger partial charge in [-0.1, -0.05) is 126 Å². The SMILES string of the molecule is Cc1ccc2c(-c3ccc(C)c4ccccc34)c3cc(C)ccc3c(-c3cccc4c3C3CC4c4ccccc43)c2c1. The molecule has 0 aromatic heterocycles. The van der Waals surface area contributed by atoms with Gasteiger partial charge in [0.15, 0.2) is 0 Å². The van der Waals surface area contributed by atoms with E-state index in [0.717, 1.165) is 0 Å². The molecular formula is C42H32. The molecule has 2 aliphatic carbocycles. The van der Waals surface area contributed by atoms with Gasteiger partial charge in [-0.05, 0) is 110 Å². The Morgan fingerprint density at radius 2 is 1.02 bits per heavy atom. The van der Waals surface area contributed by atoms with Gasteiger partial charge in [0.05, 0.1) is 0 Å². The van der Waals surface area contributed by atoms with Crippen LogP contribution in [0.2, 0.25) is 0 Å². The van der Waals surface area contributed by atoms with Gasteiger partial charge < -0.3 is 0 Å². The van der Waals surface area contributed by atoms with Crippen LogP contribution in [0.25, 0.3) is 54.6 Å². The van der Waals surface area contributed by atoms with Crippen molar-refractivity contribution in [1.82, 2.24) is 0 Å². The Bertz CT molecular complexity index is 2260. The predicted octanol–water partition coefficient (Wildman–Crippen LogP) is 11.4. The highest BCUT2D eigenvalue weighted by Crippen LogP contribution is 2.59. The molecule has 7 aromatic rings. The summed E-state index contributed by atoms with van der Waals surface area (Å²) in [4.78, 5) is 0. The number of hydrogen-bond acceptors (Lipinski definition) is 0. The average molecular weight is 537 g/mol. The van der Waals surface area contributed by atoms with Gasteiger partial charge in [0, 0.05) is 11.8 Å². The van der Waals surface area contributed by atoms with Gasteiger partial charge in [-0.25, -0.2) is 0 Å². The molecule has 0 saturated carbocycles. The molecule has 0 heterocycles. The number of fused-ring (bicyclic) bond motifs is 11. The minimum atomic E-state index is 0.471. The molecule has 2 atom stereocenters. The van der Waals surface area contributed by atoms with E-state index in [1.54, 1.807) is 5.56 Å². The second kappa shape index (κ2) is 8.66. The minimum absolute atomic E-state index is 0.471. The molecule has 42 heavy (non-hydrogen) atoms. The Kier molecular flexibility index (Phi) is 4.94. The highest BCUT2D eigenvalue weighted by Gasteiger charge is 2.42. The highest BCUT2D eigenvalue weighted by molar-refractivity contribution is 6.24. The topological polar surface area (TPSA) is 0 Å². The van der Waals surface area contributed by atoms with Crippen LogP contribution in [0.3, 0.4) is 0 Å². The largest absolute Gasteiger partial charge is 0.0620 e. The Morgan fingerprint density at radius 3 is 1.74 bits per heavy atom. The minimum Gasteiger partial charge on any atom is -0.0620 e. The van der Waals surface area contributed by atoms with E-state index in [0.29, 0.717) is 11.8 Å². The molecule has 200 valence electrons. The summed E-state index contributed by atoms with van der Waals surface area (Å²) in [5, 5.41) is 8.04. The van der Waals surface area contributed by atoms with E-state index in [1.165, 1.54) is 94.4 Å². The molecule has 0 N–H and O–H groups in total. The lowest BCUT2D eigenvalue weighted by atomic mass is 9.78. The van der Waals surface area contributed by atoms with Gasteiger partial charge in [0.2, 0.25) is 0 Å². The van der Waals surface area contributed by atoms with E-state index in [2.05, 4.69) is 136 Å². The zero-order valence-corrected chi connectivity index (χ0v) is 24.3. The predicted molar refractivity (Wildman–Crippen MR) is 179 cm³/mol.